The zero-order valence-corrected chi connectivity index (χ0v) is 23.3. The van der Waals surface area contributed by atoms with Crippen molar-refractivity contribution in [2.45, 2.75) is 65.0 Å². The van der Waals surface area contributed by atoms with Gasteiger partial charge in [0.25, 0.3) is 0 Å². The smallest absolute Gasteiger partial charge is 0.410 e. The summed E-state index contributed by atoms with van der Waals surface area (Å²) >= 11 is 0. The molecule has 0 spiro atoms. The molecule has 1 aliphatic carbocycles. The zero-order valence-electron chi connectivity index (χ0n) is 23.3. The van der Waals surface area contributed by atoms with Crippen molar-refractivity contribution >= 4 is 35.1 Å². The van der Waals surface area contributed by atoms with Crippen LogP contribution in [0.15, 0.2) is 24.5 Å². The van der Waals surface area contributed by atoms with Gasteiger partial charge in [-0.25, -0.2) is 14.2 Å². The summed E-state index contributed by atoms with van der Waals surface area (Å²) in [5, 5.41) is 15.0. The van der Waals surface area contributed by atoms with E-state index in [0.29, 0.717) is 42.8 Å². The van der Waals surface area contributed by atoms with E-state index >= 15 is 0 Å². The Balaban J connectivity index is 1.39. The van der Waals surface area contributed by atoms with Crippen LogP contribution >= 0.6 is 0 Å². The number of hydrogen-bond donors (Lipinski definition) is 2. The monoisotopic (exact) mass is 537 g/mol. The average Bonchev–Trinajstić information content (AvgIpc) is 3.61. The van der Waals surface area contributed by atoms with Gasteiger partial charge in [-0.3, -0.25) is 0 Å². The summed E-state index contributed by atoms with van der Waals surface area (Å²) in [5.41, 5.74) is 2.29. The lowest BCUT2D eigenvalue weighted by Gasteiger charge is -2.41. The number of ether oxygens (including phenoxy) is 1. The largest absolute Gasteiger partial charge is 0.444 e. The number of aromatic nitrogens is 5. The maximum atomic E-state index is 14.6. The van der Waals surface area contributed by atoms with E-state index in [1.807, 2.05) is 33.8 Å². The van der Waals surface area contributed by atoms with Crippen molar-refractivity contribution in [3.05, 3.63) is 41.5 Å². The molecule has 3 aromatic rings. The van der Waals surface area contributed by atoms with Crippen LogP contribution in [0.1, 0.15) is 57.6 Å². The van der Waals surface area contributed by atoms with E-state index in [2.05, 4.69) is 30.7 Å². The minimum absolute atomic E-state index is 0.0844. The first-order valence-electron chi connectivity index (χ1n) is 13.3. The summed E-state index contributed by atoms with van der Waals surface area (Å²) in [6.07, 6.45) is 5.08. The van der Waals surface area contributed by atoms with E-state index in [1.54, 1.807) is 37.3 Å². The molecule has 1 amide bonds. The number of halogens is 1. The molecule has 0 bridgehead atoms. The molecule has 2 aliphatic rings. The van der Waals surface area contributed by atoms with Crippen molar-refractivity contribution in [3.8, 4) is 0 Å². The molecular formula is C27H36FN9O2. The summed E-state index contributed by atoms with van der Waals surface area (Å²) in [5.74, 6) is 1.61. The van der Waals surface area contributed by atoms with Crippen LogP contribution in [-0.2, 0) is 11.8 Å². The molecule has 5 rings (SSSR count). The number of amides is 1. The fraction of sp³-hybridized carbons (Fsp3) is 0.519. The van der Waals surface area contributed by atoms with Gasteiger partial charge in [-0.05, 0) is 76.6 Å². The highest BCUT2D eigenvalue weighted by atomic mass is 19.1. The number of benzene rings is 1. The fourth-order valence-electron chi connectivity index (χ4n) is 4.74. The van der Waals surface area contributed by atoms with Crippen LogP contribution in [0, 0.1) is 12.7 Å². The topological polar surface area (TPSA) is 113 Å². The quantitative estimate of drug-likeness (QED) is 0.455. The Morgan fingerprint density at radius 3 is 2.56 bits per heavy atom. The summed E-state index contributed by atoms with van der Waals surface area (Å²) in [4.78, 5) is 27.4. The number of nitrogens with one attached hydrogen (secondary N) is 2. The van der Waals surface area contributed by atoms with Gasteiger partial charge in [0.15, 0.2) is 11.6 Å². The molecule has 208 valence electrons. The van der Waals surface area contributed by atoms with E-state index < -0.39 is 5.60 Å². The zero-order chi connectivity index (χ0) is 27.9. The summed E-state index contributed by atoms with van der Waals surface area (Å²) in [6, 6.07) is 3.54. The molecule has 1 aliphatic heterocycles. The number of aryl methyl sites for hydroxylation is 2. The highest BCUT2D eigenvalue weighted by Gasteiger charge is 2.32. The van der Waals surface area contributed by atoms with Gasteiger partial charge >= 0.3 is 6.09 Å². The number of carbonyl (C=O) groups excluding carboxylic acids is 1. The minimum atomic E-state index is -0.555. The minimum Gasteiger partial charge on any atom is -0.444 e. The van der Waals surface area contributed by atoms with Crippen LogP contribution in [0.5, 0.6) is 0 Å². The lowest BCUT2D eigenvalue weighted by atomic mass is 10.1. The van der Waals surface area contributed by atoms with Crippen molar-refractivity contribution < 1.29 is 13.9 Å². The van der Waals surface area contributed by atoms with E-state index in [-0.39, 0.29) is 23.9 Å². The Labute approximate surface area is 227 Å². The Hall–Kier alpha value is -3.96. The highest BCUT2D eigenvalue weighted by molar-refractivity contribution is 5.73. The fourth-order valence-corrected chi connectivity index (χ4v) is 4.74. The number of hydrogen-bond acceptors (Lipinski definition) is 9. The molecule has 1 atom stereocenters. The summed E-state index contributed by atoms with van der Waals surface area (Å²) < 4.78 is 20.2. The molecule has 39 heavy (non-hydrogen) atoms. The predicted octanol–water partition coefficient (Wildman–Crippen LogP) is 4.86. The Morgan fingerprint density at radius 2 is 1.92 bits per heavy atom. The Kier molecular flexibility index (Phi) is 7.04. The molecule has 3 heterocycles. The molecule has 0 unspecified atom stereocenters. The first-order valence-corrected chi connectivity index (χ1v) is 13.3. The van der Waals surface area contributed by atoms with Crippen LogP contribution in [-0.4, -0.2) is 67.2 Å². The lowest BCUT2D eigenvalue weighted by Crippen LogP contribution is -2.55. The van der Waals surface area contributed by atoms with Crippen LogP contribution in [0.25, 0.3) is 0 Å². The van der Waals surface area contributed by atoms with Crippen LogP contribution in [0.2, 0.25) is 0 Å². The second kappa shape index (κ2) is 10.3. The van der Waals surface area contributed by atoms with E-state index in [0.717, 1.165) is 29.8 Å². The normalized spacial score (nSPS) is 17.8. The van der Waals surface area contributed by atoms with Crippen molar-refractivity contribution in [3.63, 3.8) is 0 Å². The van der Waals surface area contributed by atoms with Crippen molar-refractivity contribution in [2.75, 3.05) is 35.2 Å². The van der Waals surface area contributed by atoms with Gasteiger partial charge in [-0.2, -0.15) is 14.9 Å². The number of rotatable bonds is 6. The molecule has 1 saturated carbocycles. The molecule has 12 heteroatoms. The maximum Gasteiger partial charge on any atom is 0.410 e. The van der Waals surface area contributed by atoms with Gasteiger partial charge in [0, 0.05) is 38.4 Å². The predicted molar refractivity (Wildman–Crippen MR) is 147 cm³/mol. The molecule has 2 N–H and O–H groups in total. The SMILES string of the molecule is Cc1cc(Nc2ncc(N3CCN(C(=O)OC(C)(C)C)[C@H](C)C3)c(Nc3cnn(C)n3)n2)cc(C2CC2)c1F. The number of anilines is 5. The van der Waals surface area contributed by atoms with E-state index in [1.165, 1.54) is 4.80 Å². The van der Waals surface area contributed by atoms with Crippen molar-refractivity contribution in [1.29, 1.82) is 0 Å². The molecule has 1 saturated heterocycles. The Bertz CT molecular complexity index is 1370. The Morgan fingerprint density at radius 1 is 1.15 bits per heavy atom. The summed E-state index contributed by atoms with van der Waals surface area (Å²) in [7, 11) is 1.74. The summed E-state index contributed by atoms with van der Waals surface area (Å²) in [6.45, 7) is 11.0. The molecule has 11 nitrogen and oxygen atoms in total. The van der Waals surface area contributed by atoms with Gasteiger partial charge in [0.05, 0.1) is 18.1 Å². The number of nitrogens with zero attached hydrogens (tertiary/aromatic N) is 7. The van der Waals surface area contributed by atoms with Gasteiger partial charge in [-0.1, -0.05) is 0 Å². The average molecular weight is 538 g/mol. The second-order valence-corrected chi connectivity index (χ2v) is 11.3. The maximum absolute atomic E-state index is 14.6. The molecule has 1 aromatic carbocycles. The highest BCUT2D eigenvalue weighted by Crippen LogP contribution is 2.43. The first kappa shape index (κ1) is 26.6. The third-order valence-corrected chi connectivity index (χ3v) is 6.77. The first-order chi connectivity index (χ1) is 18.5. The standard InChI is InChI=1S/C27H36FN9O2/c1-16-11-19(12-20(23(16)28)18-7-8-18)31-25-29-13-21(24(33-25)32-22-14-30-35(6)34-22)36-9-10-37(17(2)15-36)26(38)39-27(3,4)5/h11-14,17-18H,7-10,15H2,1-6H3,(H2,29,31,32,33,34)/t17-/m1/s1. The molecule has 2 aromatic heterocycles. The van der Waals surface area contributed by atoms with Gasteiger partial charge in [0.2, 0.25) is 5.95 Å². The lowest BCUT2D eigenvalue weighted by molar-refractivity contribution is 0.0159. The third kappa shape index (κ3) is 6.21. The van der Waals surface area contributed by atoms with Gasteiger partial charge < -0.3 is 25.2 Å². The second-order valence-electron chi connectivity index (χ2n) is 11.3. The number of piperazine rings is 1. The van der Waals surface area contributed by atoms with Crippen molar-refractivity contribution in [2.24, 2.45) is 7.05 Å². The van der Waals surface area contributed by atoms with Crippen LogP contribution < -0.4 is 15.5 Å². The van der Waals surface area contributed by atoms with Crippen molar-refractivity contribution in [1.82, 2.24) is 29.9 Å². The van der Waals surface area contributed by atoms with E-state index in [9.17, 15) is 9.18 Å². The van der Waals surface area contributed by atoms with Crippen LogP contribution in [0.3, 0.4) is 0 Å². The molecule has 0 radical (unpaired) electrons. The number of carbonyl (C=O) groups is 1. The van der Waals surface area contributed by atoms with Gasteiger partial charge in [-0.15, -0.1) is 5.10 Å². The molecule has 2 fully saturated rings. The third-order valence-electron chi connectivity index (χ3n) is 6.77. The molecular weight excluding hydrogens is 501 g/mol. The van der Waals surface area contributed by atoms with Crippen LogP contribution in [0.4, 0.5) is 38.1 Å². The van der Waals surface area contributed by atoms with Gasteiger partial charge in [0.1, 0.15) is 11.4 Å². The van der Waals surface area contributed by atoms with E-state index in [4.69, 9.17) is 9.72 Å².